The third-order valence-corrected chi connectivity index (χ3v) is 3.13. The molecule has 7 nitrogen and oxygen atoms in total. The highest BCUT2D eigenvalue weighted by Gasteiger charge is 2.18. The van der Waals surface area contributed by atoms with Crippen molar-refractivity contribution in [1.82, 2.24) is 0 Å². The van der Waals surface area contributed by atoms with Gasteiger partial charge >= 0.3 is 0 Å². The molecule has 0 bridgehead atoms. The Hall–Kier alpha value is -3.09. The molecule has 0 unspecified atom stereocenters. The molecule has 0 saturated heterocycles. The minimum absolute atomic E-state index is 0.0972. The lowest BCUT2D eigenvalue weighted by molar-refractivity contribution is 0.0977. The number of Topliss-reactive ketones (excluding diaryl/α,β-unsaturated/α-hetero) is 1. The van der Waals surface area contributed by atoms with Crippen LogP contribution in [0.1, 0.15) is 22.3 Å². The van der Waals surface area contributed by atoms with Gasteiger partial charge in [-0.05, 0) is 24.1 Å². The van der Waals surface area contributed by atoms with Crippen molar-refractivity contribution < 1.29 is 35.4 Å². The molecule has 0 aliphatic carbocycles. The van der Waals surface area contributed by atoms with Gasteiger partial charge in [-0.25, -0.2) is 0 Å². The highest BCUT2D eigenvalue weighted by molar-refractivity contribution is 6.01. The lowest BCUT2D eigenvalue weighted by Gasteiger charge is -2.08. The van der Waals surface area contributed by atoms with Crippen molar-refractivity contribution >= 4 is 5.78 Å². The Morgan fingerprint density at radius 3 is 1.77 bits per heavy atom. The van der Waals surface area contributed by atoms with E-state index >= 15 is 0 Å². The summed E-state index contributed by atoms with van der Waals surface area (Å²) >= 11 is 0. The summed E-state index contributed by atoms with van der Waals surface area (Å²) in [4.78, 5) is 12.0. The van der Waals surface area contributed by atoms with Crippen LogP contribution in [0.25, 0.3) is 0 Å². The van der Waals surface area contributed by atoms with Crippen molar-refractivity contribution in [1.29, 1.82) is 0 Å². The molecular weight excluding hydrogens is 292 g/mol. The van der Waals surface area contributed by atoms with Crippen LogP contribution in [-0.2, 0) is 6.42 Å². The molecule has 0 spiro atoms. The topological polar surface area (TPSA) is 138 Å². The summed E-state index contributed by atoms with van der Waals surface area (Å²) in [5.74, 6) is -3.72. The van der Waals surface area contributed by atoms with E-state index < -0.39 is 34.5 Å². The summed E-state index contributed by atoms with van der Waals surface area (Å²) in [5, 5.41) is 56.4. The Balaban J connectivity index is 2.17. The van der Waals surface area contributed by atoms with Crippen molar-refractivity contribution in [2.45, 2.75) is 12.8 Å². The van der Waals surface area contributed by atoms with Gasteiger partial charge < -0.3 is 30.6 Å². The maximum Gasteiger partial charge on any atom is 0.200 e. The Morgan fingerprint density at radius 1 is 0.773 bits per heavy atom. The molecule has 7 heteroatoms. The Morgan fingerprint density at radius 2 is 1.27 bits per heavy atom. The average molecular weight is 306 g/mol. The van der Waals surface area contributed by atoms with E-state index in [9.17, 15) is 35.4 Å². The SMILES string of the molecule is O=C(CCc1cc(O)c(O)c(O)c1)c1c(O)cc(O)cc1O. The number of carbonyl (C=O) groups excluding carboxylic acids is 1. The van der Waals surface area contributed by atoms with E-state index in [1.165, 1.54) is 12.1 Å². The predicted octanol–water partition coefficient (Wildman–Crippen LogP) is 1.74. The van der Waals surface area contributed by atoms with Crippen molar-refractivity contribution in [3.8, 4) is 34.5 Å². The van der Waals surface area contributed by atoms with Crippen LogP contribution in [0.15, 0.2) is 24.3 Å². The highest BCUT2D eigenvalue weighted by Crippen LogP contribution is 2.36. The molecule has 0 fully saturated rings. The number of rotatable bonds is 4. The number of phenolic OH excluding ortho intramolecular Hbond substituents is 6. The first-order chi connectivity index (χ1) is 10.3. The van der Waals surface area contributed by atoms with Gasteiger partial charge in [0.1, 0.15) is 22.8 Å². The van der Waals surface area contributed by atoms with Crippen LogP contribution in [0.3, 0.4) is 0 Å². The molecule has 0 aliphatic rings. The van der Waals surface area contributed by atoms with E-state index in [2.05, 4.69) is 0 Å². The van der Waals surface area contributed by atoms with Crippen molar-refractivity contribution in [2.75, 3.05) is 0 Å². The van der Waals surface area contributed by atoms with Gasteiger partial charge in [0.2, 0.25) is 0 Å². The maximum absolute atomic E-state index is 12.0. The van der Waals surface area contributed by atoms with Crippen LogP contribution in [0, 0.1) is 0 Å². The summed E-state index contributed by atoms with van der Waals surface area (Å²) in [7, 11) is 0. The van der Waals surface area contributed by atoms with E-state index in [0.717, 1.165) is 12.1 Å². The van der Waals surface area contributed by atoms with Crippen LogP contribution >= 0.6 is 0 Å². The lowest BCUT2D eigenvalue weighted by atomic mass is 10.0. The average Bonchev–Trinajstić information content (AvgIpc) is 2.41. The molecular formula is C15H14O7. The monoisotopic (exact) mass is 306 g/mol. The molecule has 2 aromatic carbocycles. The molecule has 2 rings (SSSR count). The van der Waals surface area contributed by atoms with E-state index in [4.69, 9.17) is 0 Å². The lowest BCUT2D eigenvalue weighted by Crippen LogP contribution is -2.02. The van der Waals surface area contributed by atoms with E-state index in [0.29, 0.717) is 5.56 Å². The number of ketones is 1. The molecule has 0 saturated carbocycles. The van der Waals surface area contributed by atoms with Gasteiger partial charge in [-0.15, -0.1) is 0 Å². The van der Waals surface area contributed by atoms with Gasteiger partial charge in [-0.2, -0.15) is 0 Å². The first kappa shape index (κ1) is 15.3. The molecule has 0 amide bonds. The highest BCUT2D eigenvalue weighted by atomic mass is 16.3. The largest absolute Gasteiger partial charge is 0.508 e. The second kappa shape index (κ2) is 5.72. The van der Waals surface area contributed by atoms with Crippen molar-refractivity contribution in [3.63, 3.8) is 0 Å². The van der Waals surface area contributed by atoms with Gasteiger partial charge in [0, 0.05) is 18.6 Å². The quantitative estimate of drug-likeness (QED) is 0.373. The minimum Gasteiger partial charge on any atom is -0.508 e. The fourth-order valence-corrected chi connectivity index (χ4v) is 2.07. The Labute approximate surface area is 125 Å². The number of hydrogen-bond donors (Lipinski definition) is 6. The molecule has 116 valence electrons. The van der Waals surface area contributed by atoms with Crippen molar-refractivity contribution in [3.05, 3.63) is 35.4 Å². The van der Waals surface area contributed by atoms with E-state index in [-0.39, 0.29) is 24.2 Å². The molecule has 0 heterocycles. The zero-order chi connectivity index (χ0) is 16.4. The zero-order valence-electron chi connectivity index (χ0n) is 11.3. The Kier molecular flexibility index (Phi) is 3.98. The second-order valence-corrected chi connectivity index (χ2v) is 4.76. The van der Waals surface area contributed by atoms with Crippen LogP contribution < -0.4 is 0 Å². The number of aromatic hydroxyl groups is 6. The number of phenols is 6. The summed E-state index contributed by atoms with van der Waals surface area (Å²) < 4.78 is 0. The molecule has 22 heavy (non-hydrogen) atoms. The standard InChI is InChI=1S/C15H14O7/c16-8-5-10(18)14(11(19)6-8)9(17)2-1-7-3-12(20)15(22)13(21)4-7/h3-6,16,18-22H,1-2H2. The van der Waals surface area contributed by atoms with Crippen LogP contribution in [0.4, 0.5) is 0 Å². The number of benzene rings is 2. The Bertz CT molecular complexity index is 691. The van der Waals surface area contributed by atoms with Crippen molar-refractivity contribution in [2.24, 2.45) is 0 Å². The third kappa shape index (κ3) is 2.98. The van der Waals surface area contributed by atoms with Gasteiger partial charge in [0.05, 0.1) is 0 Å². The second-order valence-electron chi connectivity index (χ2n) is 4.76. The number of aryl methyl sites for hydroxylation is 1. The minimum atomic E-state index is -0.649. The molecule has 0 atom stereocenters. The van der Waals surface area contributed by atoms with Gasteiger partial charge in [0.15, 0.2) is 23.0 Å². The smallest absolute Gasteiger partial charge is 0.200 e. The molecule has 0 radical (unpaired) electrons. The number of carbonyl (C=O) groups is 1. The first-order valence-electron chi connectivity index (χ1n) is 6.31. The predicted molar refractivity (Wildman–Crippen MR) is 75.5 cm³/mol. The zero-order valence-corrected chi connectivity index (χ0v) is 11.3. The van der Waals surface area contributed by atoms with Gasteiger partial charge in [-0.3, -0.25) is 4.79 Å². The van der Waals surface area contributed by atoms with Crippen LogP contribution in [0.2, 0.25) is 0 Å². The molecule has 2 aromatic rings. The van der Waals surface area contributed by atoms with E-state index in [1.54, 1.807) is 0 Å². The molecule has 0 aromatic heterocycles. The van der Waals surface area contributed by atoms with Gasteiger partial charge in [-0.1, -0.05) is 0 Å². The third-order valence-electron chi connectivity index (χ3n) is 3.13. The van der Waals surface area contributed by atoms with Crippen LogP contribution in [-0.4, -0.2) is 36.4 Å². The molecule has 6 N–H and O–H groups in total. The fraction of sp³-hybridized carbons (Fsp3) is 0.133. The normalized spacial score (nSPS) is 10.5. The summed E-state index contributed by atoms with van der Waals surface area (Å²) in [6.45, 7) is 0. The first-order valence-corrected chi connectivity index (χ1v) is 6.31. The summed E-state index contributed by atoms with van der Waals surface area (Å²) in [5.41, 5.74) is 0.0731. The summed E-state index contributed by atoms with van der Waals surface area (Å²) in [6.07, 6.45) is -0.0322. The van der Waals surface area contributed by atoms with Crippen LogP contribution in [0.5, 0.6) is 34.5 Å². The van der Waals surface area contributed by atoms with Gasteiger partial charge in [0.25, 0.3) is 0 Å². The summed E-state index contributed by atoms with van der Waals surface area (Å²) in [6, 6.07) is 4.26. The maximum atomic E-state index is 12.0. The fourth-order valence-electron chi connectivity index (χ4n) is 2.07. The van der Waals surface area contributed by atoms with E-state index in [1.807, 2.05) is 0 Å². The molecule has 0 aliphatic heterocycles. The number of hydrogen-bond acceptors (Lipinski definition) is 7.